The summed E-state index contributed by atoms with van der Waals surface area (Å²) in [5.41, 5.74) is -0.0268. The van der Waals surface area contributed by atoms with Gasteiger partial charge in [-0.3, -0.25) is 4.79 Å². The SMILES string of the molecule is Cc1ccc(C2=C(/C(=N/N)NN)C(=O)NC(c3ccc(OCCCC(F)(F)F)cc3)(C(F)(F)F)C2)cc1. The topological polar surface area (TPSA) is 115 Å². The molecule has 2 aromatic rings. The summed E-state index contributed by atoms with van der Waals surface area (Å²) < 4.78 is 86.2. The van der Waals surface area contributed by atoms with Gasteiger partial charge in [0.2, 0.25) is 0 Å². The lowest BCUT2D eigenvalue weighted by atomic mass is 9.76. The van der Waals surface area contributed by atoms with E-state index >= 15 is 0 Å². The van der Waals surface area contributed by atoms with E-state index in [-0.39, 0.29) is 41.3 Å². The number of rotatable bonds is 7. The van der Waals surface area contributed by atoms with E-state index < -0.39 is 36.6 Å². The number of nitrogens with one attached hydrogen (secondary N) is 2. The standard InChI is InChI=1S/C24H25F6N5O2/c1-14-3-5-15(6-4-14)18-13-22(24(28,29)30,33-21(36)19(18)20(34-31)35-32)16-7-9-17(10-8-16)37-12-2-11-23(25,26)27/h3-10H,2,11-13,31-32H2,1H3,(H,33,36)(H,34,35). The van der Waals surface area contributed by atoms with Gasteiger partial charge in [-0.1, -0.05) is 42.0 Å². The Bertz CT molecular complexity index is 1170. The van der Waals surface area contributed by atoms with Crippen LogP contribution in [0.5, 0.6) is 5.75 Å². The fourth-order valence-corrected chi connectivity index (χ4v) is 4.02. The van der Waals surface area contributed by atoms with Gasteiger partial charge in [-0.15, -0.1) is 0 Å². The van der Waals surface area contributed by atoms with E-state index in [2.05, 4.69) is 15.8 Å². The third-order valence-corrected chi connectivity index (χ3v) is 5.90. The molecule has 0 radical (unpaired) electrons. The van der Waals surface area contributed by atoms with Crippen molar-refractivity contribution < 1.29 is 35.9 Å². The van der Waals surface area contributed by atoms with Gasteiger partial charge in [0.05, 0.1) is 12.2 Å². The second-order valence-corrected chi connectivity index (χ2v) is 8.47. The van der Waals surface area contributed by atoms with Crippen molar-refractivity contribution in [2.24, 2.45) is 16.8 Å². The van der Waals surface area contributed by atoms with Crippen molar-refractivity contribution in [2.45, 2.75) is 44.1 Å². The number of aryl methyl sites for hydroxylation is 1. The molecule has 0 aliphatic carbocycles. The van der Waals surface area contributed by atoms with Crippen LogP contribution in [0.4, 0.5) is 26.3 Å². The van der Waals surface area contributed by atoms with Gasteiger partial charge in [-0.2, -0.15) is 31.4 Å². The Morgan fingerprint density at radius 1 is 1.08 bits per heavy atom. The summed E-state index contributed by atoms with van der Waals surface area (Å²) in [5.74, 6) is 9.44. The zero-order valence-electron chi connectivity index (χ0n) is 19.6. The van der Waals surface area contributed by atoms with Crippen LogP contribution in [-0.4, -0.2) is 30.7 Å². The number of carbonyl (C=O) groups is 1. The molecular formula is C24H25F6N5O2. The number of hydrazone groups is 1. The van der Waals surface area contributed by atoms with E-state index in [1.54, 1.807) is 31.2 Å². The van der Waals surface area contributed by atoms with Crippen LogP contribution in [0.1, 0.15) is 36.0 Å². The molecule has 3 rings (SSSR count). The number of ether oxygens (including phenoxy) is 1. The Morgan fingerprint density at radius 2 is 1.70 bits per heavy atom. The molecule has 13 heteroatoms. The summed E-state index contributed by atoms with van der Waals surface area (Å²) in [6, 6.07) is 11.2. The zero-order valence-corrected chi connectivity index (χ0v) is 19.6. The Kier molecular flexibility index (Phi) is 8.06. The van der Waals surface area contributed by atoms with Gasteiger partial charge < -0.3 is 21.3 Å². The van der Waals surface area contributed by atoms with Gasteiger partial charge >= 0.3 is 12.4 Å². The minimum absolute atomic E-state index is 0.00991. The van der Waals surface area contributed by atoms with Gasteiger partial charge in [-0.05, 0) is 42.2 Å². The van der Waals surface area contributed by atoms with Crippen LogP contribution in [-0.2, 0) is 10.3 Å². The zero-order chi connectivity index (χ0) is 27.4. The number of halogens is 6. The van der Waals surface area contributed by atoms with Crippen molar-refractivity contribution in [1.29, 1.82) is 0 Å². The molecule has 37 heavy (non-hydrogen) atoms. The van der Waals surface area contributed by atoms with Crippen LogP contribution in [0, 0.1) is 6.92 Å². The Labute approximate surface area is 208 Å². The minimum Gasteiger partial charge on any atom is -0.494 e. The number of nitrogens with two attached hydrogens (primary N) is 2. The molecule has 1 unspecified atom stereocenters. The van der Waals surface area contributed by atoms with E-state index in [0.29, 0.717) is 5.56 Å². The lowest BCUT2D eigenvalue weighted by Crippen LogP contribution is -2.60. The number of amidine groups is 1. The molecule has 2 aromatic carbocycles. The maximum absolute atomic E-state index is 14.7. The summed E-state index contributed by atoms with van der Waals surface area (Å²) in [7, 11) is 0. The smallest absolute Gasteiger partial charge is 0.416 e. The number of benzene rings is 2. The summed E-state index contributed by atoms with van der Waals surface area (Å²) in [6.07, 6.45) is -11.3. The van der Waals surface area contributed by atoms with Crippen molar-refractivity contribution in [3.8, 4) is 5.75 Å². The first kappa shape index (κ1) is 27.8. The number of hydrogen-bond donors (Lipinski definition) is 4. The third kappa shape index (κ3) is 6.16. The maximum atomic E-state index is 14.7. The molecule has 7 nitrogen and oxygen atoms in total. The van der Waals surface area contributed by atoms with Crippen LogP contribution in [0.2, 0.25) is 0 Å². The number of amides is 1. The lowest BCUT2D eigenvalue weighted by Gasteiger charge is -2.41. The number of nitrogens with zero attached hydrogens (tertiary/aromatic N) is 1. The minimum atomic E-state index is -4.95. The number of hydrogen-bond acceptors (Lipinski definition) is 5. The van der Waals surface area contributed by atoms with Crippen LogP contribution in [0.3, 0.4) is 0 Å². The Hall–Kier alpha value is -3.74. The Morgan fingerprint density at radius 3 is 2.22 bits per heavy atom. The molecular weight excluding hydrogens is 504 g/mol. The molecule has 0 spiro atoms. The second-order valence-electron chi connectivity index (χ2n) is 8.47. The van der Waals surface area contributed by atoms with Crippen molar-refractivity contribution in [1.82, 2.24) is 10.7 Å². The summed E-state index contributed by atoms with van der Waals surface area (Å²) in [6.45, 7) is 1.53. The van der Waals surface area contributed by atoms with Crippen molar-refractivity contribution in [3.05, 3.63) is 70.8 Å². The van der Waals surface area contributed by atoms with Crippen molar-refractivity contribution in [2.75, 3.05) is 6.61 Å². The van der Waals surface area contributed by atoms with Gasteiger partial charge in [0.15, 0.2) is 11.4 Å². The summed E-state index contributed by atoms with van der Waals surface area (Å²) in [4.78, 5) is 13.1. The van der Waals surface area contributed by atoms with E-state index in [1.807, 2.05) is 0 Å². The summed E-state index contributed by atoms with van der Waals surface area (Å²) in [5, 5.41) is 5.48. The molecule has 1 aliphatic heterocycles. The highest BCUT2D eigenvalue weighted by atomic mass is 19.4. The predicted octanol–water partition coefficient (Wildman–Crippen LogP) is 4.18. The molecule has 0 aromatic heterocycles. The largest absolute Gasteiger partial charge is 0.494 e. The molecule has 1 amide bonds. The number of alkyl halides is 6. The molecule has 200 valence electrons. The van der Waals surface area contributed by atoms with E-state index in [0.717, 1.165) is 17.7 Å². The lowest BCUT2D eigenvalue weighted by molar-refractivity contribution is -0.201. The van der Waals surface area contributed by atoms with Crippen LogP contribution in [0.15, 0.2) is 59.2 Å². The second kappa shape index (κ2) is 10.7. The predicted molar refractivity (Wildman–Crippen MR) is 125 cm³/mol. The van der Waals surface area contributed by atoms with Gasteiger partial charge in [0.1, 0.15) is 5.75 Å². The van der Waals surface area contributed by atoms with Crippen molar-refractivity contribution in [3.63, 3.8) is 0 Å². The van der Waals surface area contributed by atoms with Gasteiger partial charge in [0.25, 0.3) is 5.91 Å². The molecule has 1 atom stereocenters. The number of hydrazine groups is 1. The molecule has 0 saturated heterocycles. The number of carbonyl (C=O) groups excluding carboxylic acids is 1. The van der Waals surface area contributed by atoms with E-state index in [4.69, 9.17) is 16.4 Å². The monoisotopic (exact) mass is 529 g/mol. The first-order chi connectivity index (χ1) is 17.3. The molecule has 0 saturated carbocycles. The highest BCUT2D eigenvalue weighted by Gasteiger charge is 2.59. The van der Waals surface area contributed by atoms with Gasteiger partial charge in [-0.25, -0.2) is 5.84 Å². The normalized spacial score (nSPS) is 19.0. The maximum Gasteiger partial charge on any atom is 0.416 e. The fraction of sp³-hybridized carbons (Fsp3) is 0.333. The fourth-order valence-electron chi connectivity index (χ4n) is 4.02. The average molecular weight is 529 g/mol. The van der Waals surface area contributed by atoms with E-state index in [1.165, 1.54) is 12.1 Å². The third-order valence-electron chi connectivity index (χ3n) is 5.90. The summed E-state index contributed by atoms with van der Waals surface area (Å²) >= 11 is 0. The van der Waals surface area contributed by atoms with Crippen LogP contribution >= 0.6 is 0 Å². The Balaban J connectivity index is 2.02. The molecule has 0 bridgehead atoms. The first-order valence-electron chi connectivity index (χ1n) is 11.1. The average Bonchev–Trinajstić information content (AvgIpc) is 2.83. The highest BCUT2D eigenvalue weighted by Crippen LogP contribution is 2.48. The molecule has 6 N–H and O–H groups in total. The van der Waals surface area contributed by atoms with Gasteiger partial charge in [0, 0.05) is 12.8 Å². The first-order valence-corrected chi connectivity index (χ1v) is 11.1. The highest BCUT2D eigenvalue weighted by molar-refractivity contribution is 6.26. The quantitative estimate of drug-likeness (QED) is 0.107. The van der Waals surface area contributed by atoms with Crippen molar-refractivity contribution >= 4 is 17.3 Å². The van der Waals surface area contributed by atoms with Crippen LogP contribution in [0.25, 0.3) is 5.57 Å². The van der Waals surface area contributed by atoms with Crippen LogP contribution < -0.4 is 27.2 Å². The molecule has 1 heterocycles. The van der Waals surface area contributed by atoms with E-state index in [9.17, 15) is 31.1 Å². The molecule has 0 fully saturated rings. The molecule has 1 aliphatic rings.